The molecule has 0 heterocycles. The monoisotopic (exact) mass is 544 g/mol. The predicted octanol–water partition coefficient (Wildman–Crippen LogP) is 5.36. The second-order valence-corrected chi connectivity index (χ2v) is 8.26. The third-order valence-corrected chi connectivity index (χ3v) is 5.58. The van der Waals surface area contributed by atoms with Crippen molar-refractivity contribution in [2.75, 3.05) is 11.9 Å². The van der Waals surface area contributed by atoms with Gasteiger partial charge in [-0.05, 0) is 60.5 Å². The summed E-state index contributed by atoms with van der Waals surface area (Å²) in [6.07, 6.45) is 0.923. The van der Waals surface area contributed by atoms with Crippen molar-refractivity contribution >= 4 is 52.6 Å². The molecule has 37 heavy (non-hydrogen) atoms. The van der Waals surface area contributed by atoms with Crippen LogP contribution < -0.4 is 20.2 Å². The third-order valence-electron chi connectivity index (χ3n) is 4.76. The quantitative estimate of drug-likeness (QED) is 0.144. The molecule has 2 amide bonds. The van der Waals surface area contributed by atoms with Crippen LogP contribution in [0.15, 0.2) is 65.8 Å². The Morgan fingerprint density at radius 2 is 1.78 bits per heavy atom. The number of nitro groups is 1. The first-order valence-electron chi connectivity index (χ1n) is 11.0. The number of non-ortho nitro benzene ring substituents is 1. The number of carbonyl (C=O) groups excluding carboxylic acids is 2. The van der Waals surface area contributed by atoms with Crippen molar-refractivity contribution in [2.45, 2.75) is 20.0 Å². The maximum absolute atomic E-state index is 12.1. The molecule has 0 atom stereocenters. The number of amides is 2. The summed E-state index contributed by atoms with van der Waals surface area (Å²) in [6, 6.07) is 15.9. The summed E-state index contributed by atoms with van der Waals surface area (Å²) in [7, 11) is 0. The van der Waals surface area contributed by atoms with Crippen LogP contribution in [0.5, 0.6) is 11.5 Å². The Labute approximate surface area is 222 Å². The minimum Gasteiger partial charge on any atom is -0.490 e. The van der Waals surface area contributed by atoms with E-state index in [2.05, 4.69) is 15.8 Å². The van der Waals surface area contributed by atoms with Gasteiger partial charge < -0.3 is 14.8 Å². The highest BCUT2D eigenvalue weighted by Crippen LogP contribution is 2.30. The summed E-state index contributed by atoms with van der Waals surface area (Å²) in [5.41, 5.74) is 3.96. The van der Waals surface area contributed by atoms with E-state index in [0.717, 1.165) is 5.56 Å². The number of hydrogen-bond donors (Lipinski definition) is 2. The van der Waals surface area contributed by atoms with Crippen molar-refractivity contribution < 1.29 is 24.0 Å². The fraction of sp³-hybridized carbons (Fsp3) is 0.160. The molecule has 0 saturated carbocycles. The lowest BCUT2D eigenvalue weighted by Gasteiger charge is -2.12. The highest BCUT2D eigenvalue weighted by atomic mass is 35.5. The minimum atomic E-state index is -0.625. The number of anilines is 1. The first-order chi connectivity index (χ1) is 17.8. The highest BCUT2D eigenvalue weighted by Gasteiger charge is 2.12. The van der Waals surface area contributed by atoms with Crippen LogP contribution in [0, 0.1) is 10.1 Å². The average Bonchev–Trinajstić information content (AvgIpc) is 2.86. The Hall–Kier alpha value is -4.15. The van der Waals surface area contributed by atoms with Crippen LogP contribution in [0.2, 0.25) is 10.0 Å². The fourth-order valence-electron chi connectivity index (χ4n) is 3.03. The summed E-state index contributed by atoms with van der Waals surface area (Å²) in [6.45, 7) is 2.39. The molecular weight excluding hydrogens is 523 g/mol. The topological polar surface area (TPSA) is 132 Å². The van der Waals surface area contributed by atoms with Crippen LogP contribution in [0.1, 0.15) is 24.5 Å². The minimum absolute atomic E-state index is 0.000575. The van der Waals surface area contributed by atoms with Crippen molar-refractivity contribution in [1.82, 2.24) is 5.43 Å². The first kappa shape index (κ1) is 27.4. The molecule has 0 aliphatic carbocycles. The molecule has 0 aromatic heterocycles. The number of nitrogens with zero attached hydrogens (tertiary/aromatic N) is 2. The van der Waals surface area contributed by atoms with Gasteiger partial charge in [0.15, 0.2) is 11.5 Å². The van der Waals surface area contributed by atoms with Crippen molar-refractivity contribution in [3.05, 3.63) is 92.0 Å². The molecule has 0 aliphatic rings. The molecule has 0 fully saturated rings. The van der Waals surface area contributed by atoms with Gasteiger partial charge in [-0.3, -0.25) is 19.7 Å². The van der Waals surface area contributed by atoms with E-state index in [1.165, 1.54) is 18.3 Å². The second kappa shape index (κ2) is 13.2. The fourth-order valence-corrected chi connectivity index (χ4v) is 3.37. The Balaban J connectivity index is 1.55. The van der Waals surface area contributed by atoms with Gasteiger partial charge in [-0.15, -0.1) is 0 Å². The van der Waals surface area contributed by atoms with Crippen LogP contribution in [0.25, 0.3) is 0 Å². The molecule has 192 valence electrons. The smallest absolute Gasteiger partial charge is 0.269 e. The summed E-state index contributed by atoms with van der Waals surface area (Å²) in [4.78, 5) is 34.5. The molecule has 0 aliphatic heterocycles. The zero-order valence-corrected chi connectivity index (χ0v) is 21.1. The highest BCUT2D eigenvalue weighted by molar-refractivity contribution is 6.44. The summed E-state index contributed by atoms with van der Waals surface area (Å²) < 4.78 is 11.4. The first-order valence-corrected chi connectivity index (χ1v) is 11.7. The van der Waals surface area contributed by atoms with Gasteiger partial charge in [-0.2, -0.15) is 5.10 Å². The molecule has 0 radical (unpaired) electrons. The maximum atomic E-state index is 12.1. The normalized spacial score (nSPS) is 10.7. The average molecular weight is 545 g/mol. The van der Waals surface area contributed by atoms with E-state index in [0.29, 0.717) is 29.4 Å². The maximum Gasteiger partial charge on any atom is 0.269 e. The van der Waals surface area contributed by atoms with Crippen molar-refractivity contribution in [3.8, 4) is 11.5 Å². The molecule has 12 heteroatoms. The van der Waals surface area contributed by atoms with Gasteiger partial charge in [0.05, 0.1) is 33.5 Å². The zero-order chi connectivity index (χ0) is 26.8. The van der Waals surface area contributed by atoms with Crippen LogP contribution in [-0.4, -0.2) is 29.6 Å². The molecule has 2 N–H and O–H groups in total. The number of hydrazone groups is 1. The molecule has 3 rings (SSSR count). The van der Waals surface area contributed by atoms with Gasteiger partial charge in [-0.1, -0.05) is 29.3 Å². The molecule has 0 spiro atoms. The lowest BCUT2D eigenvalue weighted by molar-refractivity contribution is -0.384. The SMILES string of the molecule is CCOc1cc(C=NNC(=O)CC(=O)Nc2cccc(Cl)c2Cl)ccc1OCc1ccc([N+](=O)[O-])cc1. The lowest BCUT2D eigenvalue weighted by Crippen LogP contribution is -2.24. The Morgan fingerprint density at radius 3 is 2.49 bits per heavy atom. The lowest BCUT2D eigenvalue weighted by atomic mass is 10.2. The molecule has 0 bridgehead atoms. The van der Waals surface area contributed by atoms with E-state index in [1.54, 1.807) is 48.5 Å². The van der Waals surface area contributed by atoms with E-state index in [-0.39, 0.29) is 22.3 Å². The number of rotatable bonds is 11. The predicted molar refractivity (Wildman–Crippen MR) is 140 cm³/mol. The van der Waals surface area contributed by atoms with Crippen LogP contribution in [0.3, 0.4) is 0 Å². The van der Waals surface area contributed by atoms with E-state index >= 15 is 0 Å². The van der Waals surface area contributed by atoms with Gasteiger partial charge in [0, 0.05) is 12.1 Å². The van der Waals surface area contributed by atoms with E-state index in [1.807, 2.05) is 6.92 Å². The van der Waals surface area contributed by atoms with Crippen LogP contribution in [-0.2, 0) is 16.2 Å². The summed E-state index contributed by atoms with van der Waals surface area (Å²) in [5, 5.41) is 17.6. The molecule has 0 unspecified atom stereocenters. The zero-order valence-electron chi connectivity index (χ0n) is 19.6. The van der Waals surface area contributed by atoms with Gasteiger partial charge in [0.25, 0.3) is 5.69 Å². The van der Waals surface area contributed by atoms with Gasteiger partial charge in [0.1, 0.15) is 13.0 Å². The number of nitro benzene ring substituents is 1. The Kier molecular flexibility index (Phi) is 9.82. The summed E-state index contributed by atoms with van der Waals surface area (Å²) in [5.74, 6) is -0.278. The molecule has 3 aromatic rings. The largest absolute Gasteiger partial charge is 0.490 e. The molecule has 3 aromatic carbocycles. The van der Waals surface area contributed by atoms with Crippen LogP contribution in [0.4, 0.5) is 11.4 Å². The second-order valence-electron chi connectivity index (χ2n) is 7.47. The molecule has 0 saturated heterocycles. The number of ether oxygens (including phenoxy) is 2. The van der Waals surface area contributed by atoms with E-state index in [9.17, 15) is 19.7 Å². The number of nitrogens with one attached hydrogen (secondary N) is 2. The van der Waals surface area contributed by atoms with E-state index < -0.39 is 23.2 Å². The summed E-state index contributed by atoms with van der Waals surface area (Å²) >= 11 is 11.9. The standard InChI is InChI=1S/C25H22Cl2N4O6/c1-2-36-22-12-17(8-11-21(22)37-15-16-6-9-18(10-7-16)31(34)35)14-28-30-24(33)13-23(32)29-20-5-3-4-19(26)25(20)27/h3-12,14H,2,13,15H2,1H3,(H,29,32)(H,30,33). The number of carbonyl (C=O) groups is 2. The number of hydrogen-bond acceptors (Lipinski definition) is 7. The van der Waals surface area contributed by atoms with Crippen molar-refractivity contribution in [3.63, 3.8) is 0 Å². The third kappa shape index (κ3) is 8.19. The molecule has 10 nitrogen and oxygen atoms in total. The van der Waals surface area contributed by atoms with Crippen LogP contribution >= 0.6 is 23.2 Å². The molecular formula is C25H22Cl2N4O6. The number of halogens is 2. The van der Waals surface area contributed by atoms with Gasteiger partial charge >= 0.3 is 0 Å². The number of benzene rings is 3. The van der Waals surface area contributed by atoms with Gasteiger partial charge in [-0.25, -0.2) is 5.43 Å². The van der Waals surface area contributed by atoms with Crippen molar-refractivity contribution in [2.24, 2.45) is 5.10 Å². The van der Waals surface area contributed by atoms with Gasteiger partial charge in [0.2, 0.25) is 11.8 Å². The van der Waals surface area contributed by atoms with E-state index in [4.69, 9.17) is 32.7 Å². The Morgan fingerprint density at radius 1 is 1.03 bits per heavy atom. The van der Waals surface area contributed by atoms with Crippen molar-refractivity contribution in [1.29, 1.82) is 0 Å². The Bertz CT molecular complexity index is 1320.